The highest BCUT2D eigenvalue weighted by Crippen LogP contribution is 2.37. The molecule has 0 radical (unpaired) electrons. The molecule has 5 heteroatoms. The van der Waals surface area contributed by atoms with Gasteiger partial charge < -0.3 is 9.47 Å². The molecule has 2 fully saturated rings. The third kappa shape index (κ3) is 2.55. The fraction of sp³-hybridized carbons (Fsp3) is 0.438. The summed E-state index contributed by atoms with van der Waals surface area (Å²) in [5, 5.41) is 0. The zero-order chi connectivity index (χ0) is 15.0. The minimum atomic E-state index is -1.05. The van der Waals surface area contributed by atoms with Crippen molar-refractivity contribution >= 4 is 23.3 Å². The van der Waals surface area contributed by atoms with Gasteiger partial charge in [0.15, 0.2) is 0 Å². The molecule has 3 rings (SSSR count). The third-order valence-electron chi connectivity index (χ3n) is 3.91. The molecule has 1 heterocycles. The average Bonchev–Trinajstić information content (AvgIpc) is 2.85. The Kier molecular flexibility index (Phi) is 3.27. The number of aryl methyl sites for hydroxylation is 2. The van der Waals surface area contributed by atoms with E-state index in [0.29, 0.717) is 18.5 Å². The Labute approximate surface area is 123 Å². The number of benzene rings is 1. The average molecular weight is 287 g/mol. The highest BCUT2D eigenvalue weighted by molar-refractivity contribution is 6.63. The van der Waals surface area contributed by atoms with Crippen LogP contribution in [0.15, 0.2) is 23.2 Å². The quantitative estimate of drug-likeness (QED) is 0.745. The summed E-state index contributed by atoms with van der Waals surface area (Å²) < 4.78 is 10.7. The van der Waals surface area contributed by atoms with E-state index in [4.69, 9.17) is 9.47 Å². The maximum absolute atomic E-state index is 12.1. The molecule has 5 nitrogen and oxygen atoms in total. The van der Waals surface area contributed by atoms with Gasteiger partial charge in [-0.3, -0.25) is 0 Å². The first kappa shape index (κ1) is 13.8. The lowest BCUT2D eigenvalue weighted by atomic mass is 10.1. The monoisotopic (exact) mass is 287 g/mol. The van der Waals surface area contributed by atoms with Crippen molar-refractivity contribution < 1.29 is 19.1 Å². The lowest BCUT2D eigenvalue weighted by Crippen LogP contribution is -2.48. The molecule has 21 heavy (non-hydrogen) atoms. The van der Waals surface area contributed by atoms with Crippen molar-refractivity contribution in [3.63, 3.8) is 0 Å². The molecule has 0 unspecified atom stereocenters. The van der Waals surface area contributed by atoms with E-state index < -0.39 is 17.7 Å². The van der Waals surface area contributed by atoms with E-state index in [1.807, 2.05) is 32.0 Å². The van der Waals surface area contributed by atoms with Gasteiger partial charge in [-0.15, -0.1) is 0 Å². The molecule has 1 aliphatic carbocycles. The second-order valence-electron chi connectivity index (χ2n) is 5.65. The van der Waals surface area contributed by atoms with Gasteiger partial charge in [0.25, 0.3) is 5.79 Å². The SMILES string of the molecule is Cc1ccc(C)c(N=C2C(=O)OC3(CCCC3)OC2=O)c1. The maximum atomic E-state index is 12.1. The molecule has 110 valence electrons. The second kappa shape index (κ2) is 4.98. The van der Waals surface area contributed by atoms with Gasteiger partial charge in [-0.2, -0.15) is 0 Å². The predicted octanol–water partition coefficient (Wildman–Crippen LogP) is 2.75. The number of carbonyl (C=O) groups excluding carboxylic acids is 2. The van der Waals surface area contributed by atoms with Crippen LogP contribution >= 0.6 is 0 Å². The van der Waals surface area contributed by atoms with Crippen molar-refractivity contribution in [3.8, 4) is 0 Å². The van der Waals surface area contributed by atoms with Gasteiger partial charge in [-0.05, 0) is 43.9 Å². The minimum Gasteiger partial charge on any atom is -0.418 e. The molecule has 0 amide bonds. The smallest absolute Gasteiger partial charge is 0.367 e. The Morgan fingerprint density at radius 3 is 2.29 bits per heavy atom. The van der Waals surface area contributed by atoms with Gasteiger partial charge in [-0.25, -0.2) is 14.6 Å². The summed E-state index contributed by atoms with van der Waals surface area (Å²) in [4.78, 5) is 28.4. The summed E-state index contributed by atoms with van der Waals surface area (Å²) in [5.74, 6) is -2.42. The Hall–Kier alpha value is -2.17. The first-order valence-corrected chi connectivity index (χ1v) is 7.12. The second-order valence-corrected chi connectivity index (χ2v) is 5.65. The molecule has 0 bridgehead atoms. The van der Waals surface area contributed by atoms with E-state index in [0.717, 1.165) is 24.0 Å². The molecule has 1 saturated heterocycles. The summed E-state index contributed by atoms with van der Waals surface area (Å²) in [6.07, 6.45) is 2.93. The van der Waals surface area contributed by atoms with Crippen LogP contribution in [0.2, 0.25) is 0 Å². The first-order valence-electron chi connectivity index (χ1n) is 7.12. The third-order valence-corrected chi connectivity index (χ3v) is 3.91. The van der Waals surface area contributed by atoms with Crippen LogP contribution in [-0.4, -0.2) is 23.4 Å². The lowest BCUT2D eigenvalue weighted by molar-refractivity contribution is -0.225. The number of hydrogen-bond donors (Lipinski definition) is 0. The molecular weight excluding hydrogens is 270 g/mol. The fourth-order valence-corrected chi connectivity index (χ4v) is 2.71. The van der Waals surface area contributed by atoms with Gasteiger partial charge >= 0.3 is 11.9 Å². The topological polar surface area (TPSA) is 65.0 Å². The van der Waals surface area contributed by atoms with Crippen LogP contribution in [0.25, 0.3) is 0 Å². The van der Waals surface area contributed by atoms with Crippen molar-refractivity contribution in [2.45, 2.75) is 45.3 Å². The normalized spacial score (nSPS) is 20.4. The zero-order valence-corrected chi connectivity index (χ0v) is 12.1. The summed E-state index contributed by atoms with van der Waals surface area (Å²) in [7, 11) is 0. The fourth-order valence-electron chi connectivity index (χ4n) is 2.71. The van der Waals surface area contributed by atoms with Gasteiger partial charge in [0.1, 0.15) is 0 Å². The van der Waals surface area contributed by atoms with Gasteiger partial charge in [-0.1, -0.05) is 12.1 Å². The molecular formula is C16H17NO4. The highest BCUT2D eigenvalue weighted by Gasteiger charge is 2.48. The van der Waals surface area contributed by atoms with Crippen molar-refractivity contribution in [2.75, 3.05) is 0 Å². The number of ether oxygens (including phenoxy) is 2. The van der Waals surface area contributed by atoms with E-state index in [-0.39, 0.29) is 5.71 Å². The van der Waals surface area contributed by atoms with Crippen LogP contribution < -0.4 is 0 Å². The van der Waals surface area contributed by atoms with Crippen LogP contribution in [0.5, 0.6) is 0 Å². The summed E-state index contributed by atoms with van der Waals surface area (Å²) in [6, 6.07) is 5.67. The van der Waals surface area contributed by atoms with Crippen LogP contribution in [0.4, 0.5) is 5.69 Å². The van der Waals surface area contributed by atoms with E-state index in [1.165, 1.54) is 0 Å². The van der Waals surface area contributed by atoms with Gasteiger partial charge in [0.2, 0.25) is 5.71 Å². The molecule has 2 aliphatic rings. The number of hydrogen-bond acceptors (Lipinski definition) is 5. The Balaban J connectivity index is 1.92. The highest BCUT2D eigenvalue weighted by atomic mass is 16.7. The summed E-state index contributed by atoms with van der Waals surface area (Å²) in [5.41, 5.74) is 2.20. The molecule has 0 aromatic heterocycles. The molecule has 0 atom stereocenters. The van der Waals surface area contributed by atoms with Crippen molar-refractivity contribution in [3.05, 3.63) is 29.3 Å². The minimum absolute atomic E-state index is 0.277. The number of carbonyl (C=O) groups is 2. The molecule has 1 spiro atoms. The largest absolute Gasteiger partial charge is 0.418 e. The number of nitrogens with zero attached hydrogens (tertiary/aromatic N) is 1. The van der Waals surface area contributed by atoms with E-state index >= 15 is 0 Å². The summed E-state index contributed by atoms with van der Waals surface area (Å²) >= 11 is 0. The first-order chi connectivity index (χ1) is 9.99. The van der Waals surface area contributed by atoms with Crippen LogP contribution in [0.1, 0.15) is 36.8 Å². The van der Waals surface area contributed by atoms with Crippen LogP contribution in [0.3, 0.4) is 0 Å². The van der Waals surface area contributed by atoms with E-state index in [9.17, 15) is 9.59 Å². The van der Waals surface area contributed by atoms with Crippen LogP contribution in [0, 0.1) is 13.8 Å². The molecule has 0 N–H and O–H groups in total. The lowest BCUT2D eigenvalue weighted by Gasteiger charge is -2.32. The Morgan fingerprint density at radius 2 is 1.67 bits per heavy atom. The van der Waals surface area contributed by atoms with Gasteiger partial charge in [0.05, 0.1) is 5.69 Å². The van der Waals surface area contributed by atoms with Crippen molar-refractivity contribution in [2.24, 2.45) is 4.99 Å². The summed E-state index contributed by atoms with van der Waals surface area (Å²) in [6.45, 7) is 3.80. The van der Waals surface area contributed by atoms with E-state index in [2.05, 4.69) is 4.99 Å². The van der Waals surface area contributed by atoms with Gasteiger partial charge in [0, 0.05) is 12.8 Å². The molecule has 1 aromatic carbocycles. The Morgan fingerprint density at radius 1 is 1.05 bits per heavy atom. The molecule has 1 aliphatic heterocycles. The molecule has 1 aromatic rings. The number of rotatable bonds is 1. The van der Waals surface area contributed by atoms with E-state index in [1.54, 1.807) is 0 Å². The number of esters is 2. The molecule has 1 saturated carbocycles. The van der Waals surface area contributed by atoms with Crippen molar-refractivity contribution in [1.29, 1.82) is 0 Å². The Bertz CT molecular complexity index is 620. The predicted molar refractivity (Wildman–Crippen MR) is 76.4 cm³/mol. The maximum Gasteiger partial charge on any atom is 0.367 e. The number of aliphatic imine (C=N–C) groups is 1. The van der Waals surface area contributed by atoms with Crippen molar-refractivity contribution in [1.82, 2.24) is 0 Å². The zero-order valence-electron chi connectivity index (χ0n) is 12.1. The van der Waals surface area contributed by atoms with Crippen LogP contribution in [-0.2, 0) is 19.1 Å². The standard InChI is InChI=1S/C16H17NO4/c1-10-5-6-11(2)12(9-10)17-13-14(18)20-16(21-15(13)19)7-3-4-8-16/h5-6,9H,3-4,7-8H2,1-2H3.